The van der Waals surface area contributed by atoms with Crippen molar-refractivity contribution in [2.24, 2.45) is 4.99 Å². The van der Waals surface area contributed by atoms with E-state index < -0.39 is 16.8 Å². The van der Waals surface area contributed by atoms with E-state index in [1.807, 2.05) is 12.1 Å². The molecule has 3 rings (SSSR count). The van der Waals surface area contributed by atoms with Gasteiger partial charge in [0.2, 0.25) is 0 Å². The first-order valence-corrected chi connectivity index (χ1v) is 8.34. The number of carbonyl (C=O) groups is 1. The molecular formula is C15H14ClF3N2OS. The Morgan fingerprint density at radius 3 is 2.83 bits per heavy atom. The summed E-state index contributed by atoms with van der Waals surface area (Å²) < 4.78 is 36.7. The Morgan fingerprint density at radius 1 is 1.43 bits per heavy atom. The number of hydrogen-bond acceptors (Lipinski definition) is 3. The Labute approximate surface area is 140 Å². The van der Waals surface area contributed by atoms with Crippen LogP contribution in [0.1, 0.15) is 36.9 Å². The molecule has 0 spiro atoms. The zero-order valence-corrected chi connectivity index (χ0v) is 13.8. The molecule has 8 heteroatoms. The van der Waals surface area contributed by atoms with Gasteiger partial charge in [-0.3, -0.25) is 4.79 Å². The Balaban J connectivity index is 1.83. The van der Waals surface area contributed by atoms with E-state index in [1.165, 1.54) is 0 Å². The van der Waals surface area contributed by atoms with Crippen LogP contribution in [0.2, 0.25) is 5.02 Å². The van der Waals surface area contributed by atoms with Gasteiger partial charge in [0.05, 0.1) is 6.04 Å². The first kappa shape index (κ1) is 16.6. The number of nitrogens with one attached hydrogen (secondary N) is 1. The first-order valence-electron chi connectivity index (χ1n) is 7.15. The number of carbonyl (C=O) groups excluding carboxylic acids is 1. The second kappa shape index (κ2) is 5.70. The van der Waals surface area contributed by atoms with Crippen LogP contribution in [0.25, 0.3) is 0 Å². The van der Waals surface area contributed by atoms with Gasteiger partial charge < -0.3 is 5.32 Å². The van der Waals surface area contributed by atoms with Crippen molar-refractivity contribution in [3.63, 3.8) is 0 Å². The highest BCUT2D eigenvalue weighted by molar-refractivity contribution is 8.16. The summed E-state index contributed by atoms with van der Waals surface area (Å²) in [5.74, 6) is -1.17. The number of thioether (sulfide) groups is 1. The molecule has 1 aliphatic heterocycles. The fraction of sp³-hybridized carbons (Fsp3) is 0.467. The van der Waals surface area contributed by atoms with Crippen molar-refractivity contribution in [2.45, 2.75) is 43.2 Å². The lowest BCUT2D eigenvalue weighted by Crippen LogP contribution is -2.44. The zero-order valence-electron chi connectivity index (χ0n) is 12.2. The summed E-state index contributed by atoms with van der Waals surface area (Å²) >= 11 is 6.67. The molecule has 1 amide bonds. The number of aliphatic imine (C=N–C) groups is 1. The van der Waals surface area contributed by atoms with Gasteiger partial charge in [0.1, 0.15) is 0 Å². The zero-order chi connectivity index (χ0) is 16.8. The molecule has 0 fully saturated rings. The molecule has 0 aromatic heterocycles. The largest absolute Gasteiger partial charge is 0.412 e. The van der Waals surface area contributed by atoms with Crippen LogP contribution >= 0.6 is 23.4 Å². The summed E-state index contributed by atoms with van der Waals surface area (Å²) in [7, 11) is 0. The Bertz CT molecular complexity index is 692. The van der Waals surface area contributed by atoms with Gasteiger partial charge in [-0.2, -0.15) is 18.2 Å². The molecule has 2 aliphatic rings. The number of hydrogen-bond donors (Lipinski definition) is 1. The van der Waals surface area contributed by atoms with Crippen molar-refractivity contribution in [1.29, 1.82) is 0 Å². The molecule has 1 aromatic carbocycles. The van der Waals surface area contributed by atoms with Crippen molar-refractivity contribution in [3.05, 3.63) is 34.3 Å². The van der Waals surface area contributed by atoms with Gasteiger partial charge in [-0.25, -0.2) is 0 Å². The third-order valence-corrected chi connectivity index (χ3v) is 5.73. The lowest BCUT2D eigenvalue weighted by molar-refractivity contribution is -0.165. The number of benzene rings is 1. The number of amidine groups is 1. The number of aryl methyl sites for hydroxylation is 1. The Hall–Kier alpha value is -1.21. The lowest BCUT2D eigenvalue weighted by Gasteiger charge is -2.28. The van der Waals surface area contributed by atoms with Crippen LogP contribution in [-0.4, -0.2) is 22.0 Å². The van der Waals surface area contributed by atoms with Crippen LogP contribution in [0, 0.1) is 0 Å². The Kier molecular flexibility index (Phi) is 4.13. The van der Waals surface area contributed by atoms with Gasteiger partial charge in [0.25, 0.3) is 5.91 Å². The smallest absolute Gasteiger partial charge is 0.358 e. The molecule has 1 N–H and O–H groups in total. The molecule has 1 unspecified atom stereocenters. The predicted octanol–water partition coefficient (Wildman–Crippen LogP) is 4.26. The van der Waals surface area contributed by atoms with E-state index in [4.69, 9.17) is 11.6 Å². The van der Waals surface area contributed by atoms with E-state index in [0.29, 0.717) is 16.8 Å². The summed E-state index contributed by atoms with van der Waals surface area (Å²) in [6, 6.07) is 5.34. The molecule has 0 bridgehead atoms. The number of halogens is 4. The fourth-order valence-corrected chi connectivity index (χ4v) is 4.11. The molecule has 0 radical (unpaired) electrons. The second-order valence-corrected chi connectivity index (χ2v) is 7.57. The third kappa shape index (κ3) is 2.85. The molecule has 2 atom stereocenters. The van der Waals surface area contributed by atoms with Gasteiger partial charge in [-0.15, -0.1) is 0 Å². The highest BCUT2D eigenvalue weighted by atomic mass is 35.5. The summed E-state index contributed by atoms with van der Waals surface area (Å²) in [5, 5.41) is 3.56. The molecule has 23 heavy (non-hydrogen) atoms. The standard InChI is InChI=1S/C15H14ClF3N2OS/c1-14(15(17,18)19)12(22)21-13(23-14)20-10-7-3-5-8-4-2-6-9(16)11(8)10/h2,4,6,10H,3,5,7H2,1H3,(H,20,21,22)/t10-,14?/m0/s1. The molecular weight excluding hydrogens is 349 g/mol. The van der Waals surface area contributed by atoms with Crippen LogP contribution < -0.4 is 5.32 Å². The number of nitrogens with zero attached hydrogens (tertiary/aromatic N) is 1. The van der Waals surface area contributed by atoms with Crippen molar-refractivity contribution in [1.82, 2.24) is 5.32 Å². The number of amides is 1. The quantitative estimate of drug-likeness (QED) is 0.811. The SMILES string of the molecule is CC1(C(F)(F)F)SC(N[C@H]2CCCc3cccc(Cl)c32)=NC1=O. The molecule has 1 aromatic rings. The highest BCUT2D eigenvalue weighted by Gasteiger charge is 2.61. The Morgan fingerprint density at radius 2 is 2.17 bits per heavy atom. The molecule has 1 heterocycles. The summed E-state index contributed by atoms with van der Waals surface area (Å²) in [6.45, 7) is 0.861. The number of alkyl halides is 3. The maximum atomic E-state index is 13.1. The lowest BCUT2D eigenvalue weighted by atomic mass is 9.88. The molecule has 1 aliphatic carbocycles. The molecule has 0 saturated heterocycles. The van der Waals surface area contributed by atoms with Crippen molar-refractivity contribution in [2.75, 3.05) is 0 Å². The second-order valence-electron chi connectivity index (χ2n) is 5.76. The minimum Gasteiger partial charge on any atom is -0.358 e. The fourth-order valence-electron chi connectivity index (χ4n) is 2.82. The third-order valence-electron chi connectivity index (χ3n) is 4.18. The van der Waals surface area contributed by atoms with Crippen molar-refractivity contribution >= 4 is 34.4 Å². The molecule has 124 valence electrons. The van der Waals surface area contributed by atoms with Gasteiger partial charge in [0.15, 0.2) is 9.91 Å². The maximum Gasteiger partial charge on any atom is 0.412 e. The maximum absolute atomic E-state index is 13.1. The van der Waals surface area contributed by atoms with E-state index in [0.717, 1.165) is 37.3 Å². The summed E-state index contributed by atoms with van der Waals surface area (Å²) in [4.78, 5) is 15.3. The van der Waals surface area contributed by atoms with Crippen molar-refractivity contribution < 1.29 is 18.0 Å². The van der Waals surface area contributed by atoms with Crippen LogP contribution in [-0.2, 0) is 11.2 Å². The molecule has 3 nitrogen and oxygen atoms in total. The van der Waals surface area contributed by atoms with Crippen LogP contribution in [0.3, 0.4) is 0 Å². The van der Waals surface area contributed by atoms with Gasteiger partial charge in [-0.05, 0) is 43.4 Å². The summed E-state index contributed by atoms with van der Waals surface area (Å²) in [5.41, 5.74) is 1.96. The van der Waals surface area contributed by atoms with Crippen molar-refractivity contribution in [3.8, 4) is 0 Å². The minimum atomic E-state index is -4.65. The highest BCUT2D eigenvalue weighted by Crippen LogP contribution is 2.46. The monoisotopic (exact) mass is 362 g/mol. The first-order chi connectivity index (χ1) is 10.7. The minimum absolute atomic E-state index is 0.00703. The van der Waals surface area contributed by atoms with E-state index in [1.54, 1.807) is 6.07 Å². The van der Waals surface area contributed by atoms with E-state index in [-0.39, 0.29) is 11.2 Å². The average molecular weight is 363 g/mol. The van der Waals surface area contributed by atoms with E-state index in [9.17, 15) is 18.0 Å². The topological polar surface area (TPSA) is 41.5 Å². The molecule has 0 saturated carbocycles. The normalized spacial score (nSPS) is 27.6. The summed E-state index contributed by atoms with van der Waals surface area (Å²) in [6.07, 6.45) is -2.14. The predicted molar refractivity (Wildman–Crippen MR) is 84.8 cm³/mol. The van der Waals surface area contributed by atoms with Crippen LogP contribution in [0.5, 0.6) is 0 Å². The van der Waals surface area contributed by atoms with Crippen LogP contribution in [0.4, 0.5) is 13.2 Å². The van der Waals surface area contributed by atoms with Crippen LogP contribution in [0.15, 0.2) is 23.2 Å². The average Bonchev–Trinajstić information content (AvgIpc) is 2.75. The van der Waals surface area contributed by atoms with E-state index in [2.05, 4.69) is 10.3 Å². The van der Waals surface area contributed by atoms with E-state index >= 15 is 0 Å². The van der Waals surface area contributed by atoms with Gasteiger partial charge in [0, 0.05) is 5.02 Å². The number of rotatable bonds is 1. The van der Waals surface area contributed by atoms with Gasteiger partial charge in [-0.1, -0.05) is 35.5 Å². The number of fused-ring (bicyclic) bond motifs is 1. The van der Waals surface area contributed by atoms with Gasteiger partial charge >= 0.3 is 6.18 Å².